The molecule has 3 heterocycles. The monoisotopic (exact) mass is 265 g/mol. The van der Waals surface area contributed by atoms with Crippen molar-refractivity contribution in [1.82, 2.24) is 4.90 Å². The summed E-state index contributed by atoms with van der Waals surface area (Å²) >= 11 is 0. The number of nitrogens with one attached hydrogen (secondary N) is 1. The van der Waals surface area contributed by atoms with Crippen molar-refractivity contribution < 1.29 is 9.31 Å². The van der Waals surface area contributed by atoms with Gasteiger partial charge in [0.05, 0.1) is 4.92 Å². The van der Waals surface area contributed by atoms with Crippen LogP contribution in [0, 0.1) is 21.8 Å². The molecule has 5 nitrogen and oxygen atoms in total. The molecule has 2 bridgehead atoms. The lowest BCUT2D eigenvalue weighted by Crippen LogP contribution is -2.53. The molecule has 3 aliphatic rings. The maximum absolute atomic E-state index is 13.3. The first-order valence-corrected chi connectivity index (χ1v) is 6.56. The molecule has 0 spiro atoms. The third-order valence-corrected chi connectivity index (χ3v) is 4.15. The van der Waals surface area contributed by atoms with Gasteiger partial charge in [0.2, 0.25) is 0 Å². The van der Waals surface area contributed by atoms with E-state index in [0.29, 0.717) is 11.6 Å². The Morgan fingerprint density at radius 1 is 1.37 bits per heavy atom. The molecule has 3 saturated heterocycles. The smallest absolute Gasteiger partial charge is 0.292 e. The number of hydrogen-bond donors (Lipinski definition) is 1. The molecule has 3 fully saturated rings. The summed E-state index contributed by atoms with van der Waals surface area (Å²) in [5, 5.41) is 14.1. The van der Waals surface area contributed by atoms with E-state index in [1.165, 1.54) is 12.1 Å². The molecule has 3 aliphatic heterocycles. The molecule has 6 heteroatoms. The summed E-state index contributed by atoms with van der Waals surface area (Å²) in [6, 6.07) is 3.75. The van der Waals surface area contributed by atoms with Crippen LogP contribution in [0.5, 0.6) is 0 Å². The minimum Gasteiger partial charge on any atom is -0.375 e. The summed E-state index contributed by atoms with van der Waals surface area (Å²) in [4.78, 5) is 12.8. The maximum Gasteiger partial charge on any atom is 0.292 e. The van der Waals surface area contributed by atoms with Crippen LogP contribution in [0.15, 0.2) is 18.2 Å². The van der Waals surface area contributed by atoms with Gasteiger partial charge >= 0.3 is 0 Å². The molecule has 0 aliphatic carbocycles. The second-order valence-corrected chi connectivity index (χ2v) is 5.31. The third kappa shape index (κ3) is 2.40. The van der Waals surface area contributed by atoms with Crippen molar-refractivity contribution >= 4 is 11.4 Å². The molecule has 1 N–H and O–H groups in total. The summed E-state index contributed by atoms with van der Waals surface area (Å²) < 4.78 is 13.3. The molecule has 0 aromatic heterocycles. The molecule has 102 valence electrons. The lowest BCUT2D eigenvalue weighted by Gasteiger charge is -2.45. The standard InChI is InChI=1S/C13H16FN3O2/c14-10-1-2-13(17(18)19)11(7-10)15-12-8-16-5-3-9(12)4-6-16/h1-2,7,9,12,15H,3-6,8H2. The van der Waals surface area contributed by atoms with Crippen LogP contribution >= 0.6 is 0 Å². The van der Waals surface area contributed by atoms with Crippen molar-refractivity contribution in [3.63, 3.8) is 0 Å². The van der Waals surface area contributed by atoms with Crippen molar-refractivity contribution in [2.75, 3.05) is 25.0 Å². The van der Waals surface area contributed by atoms with E-state index in [1.54, 1.807) is 0 Å². The molecule has 1 atom stereocenters. The summed E-state index contributed by atoms with van der Waals surface area (Å²) in [5.74, 6) is 0.0854. The largest absolute Gasteiger partial charge is 0.375 e. The van der Waals surface area contributed by atoms with E-state index in [1.807, 2.05) is 0 Å². The number of piperidine rings is 3. The highest BCUT2D eigenvalue weighted by Gasteiger charge is 2.34. The highest BCUT2D eigenvalue weighted by Crippen LogP contribution is 2.32. The van der Waals surface area contributed by atoms with Crippen molar-refractivity contribution in [2.24, 2.45) is 5.92 Å². The molecule has 4 rings (SSSR count). The van der Waals surface area contributed by atoms with Crippen LogP contribution in [0.2, 0.25) is 0 Å². The van der Waals surface area contributed by atoms with Crippen molar-refractivity contribution in [3.05, 3.63) is 34.1 Å². The van der Waals surface area contributed by atoms with Crippen LogP contribution in [-0.4, -0.2) is 35.5 Å². The van der Waals surface area contributed by atoms with Crippen molar-refractivity contribution in [3.8, 4) is 0 Å². The molecule has 0 amide bonds. The van der Waals surface area contributed by atoms with Gasteiger partial charge in [-0.15, -0.1) is 0 Å². The van der Waals surface area contributed by atoms with E-state index >= 15 is 0 Å². The fourth-order valence-electron chi connectivity index (χ4n) is 3.11. The Labute approximate surface area is 110 Å². The average molecular weight is 265 g/mol. The third-order valence-electron chi connectivity index (χ3n) is 4.15. The fourth-order valence-corrected chi connectivity index (χ4v) is 3.11. The zero-order valence-electron chi connectivity index (χ0n) is 10.5. The number of nitro groups is 1. The van der Waals surface area contributed by atoms with Crippen LogP contribution < -0.4 is 5.32 Å². The molecular formula is C13H16FN3O2. The van der Waals surface area contributed by atoms with E-state index in [-0.39, 0.29) is 11.7 Å². The average Bonchev–Trinajstić information content (AvgIpc) is 2.40. The second-order valence-electron chi connectivity index (χ2n) is 5.31. The predicted octanol–water partition coefficient (Wildman–Crippen LogP) is 2.24. The molecular weight excluding hydrogens is 249 g/mol. The summed E-state index contributed by atoms with van der Waals surface area (Å²) in [6.07, 6.45) is 2.22. The lowest BCUT2D eigenvalue weighted by atomic mass is 9.84. The number of fused-ring (bicyclic) bond motifs is 3. The van der Waals surface area contributed by atoms with Gasteiger partial charge in [-0.25, -0.2) is 4.39 Å². The normalized spacial score (nSPS) is 29.2. The Morgan fingerprint density at radius 3 is 2.68 bits per heavy atom. The highest BCUT2D eigenvalue weighted by molar-refractivity contribution is 5.62. The van der Waals surface area contributed by atoms with Gasteiger partial charge in [0.25, 0.3) is 5.69 Å². The van der Waals surface area contributed by atoms with Crippen LogP contribution in [0.25, 0.3) is 0 Å². The number of hydrogen-bond acceptors (Lipinski definition) is 4. The highest BCUT2D eigenvalue weighted by atomic mass is 19.1. The minimum absolute atomic E-state index is 0.0575. The topological polar surface area (TPSA) is 58.4 Å². The van der Waals surface area contributed by atoms with Crippen LogP contribution in [0.4, 0.5) is 15.8 Å². The number of anilines is 1. The van der Waals surface area contributed by atoms with Crippen LogP contribution in [-0.2, 0) is 0 Å². The molecule has 0 radical (unpaired) electrons. The Morgan fingerprint density at radius 2 is 2.11 bits per heavy atom. The van der Waals surface area contributed by atoms with E-state index < -0.39 is 10.7 Å². The number of nitrogens with zero attached hydrogens (tertiary/aromatic N) is 2. The minimum atomic E-state index is -0.469. The summed E-state index contributed by atoms with van der Waals surface area (Å²) in [7, 11) is 0. The molecule has 1 aromatic carbocycles. The summed E-state index contributed by atoms with van der Waals surface area (Å²) in [6.45, 7) is 3.10. The predicted molar refractivity (Wildman–Crippen MR) is 69.6 cm³/mol. The molecule has 19 heavy (non-hydrogen) atoms. The number of benzene rings is 1. The van der Waals surface area contributed by atoms with E-state index in [9.17, 15) is 14.5 Å². The first-order chi connectivity index (χ1) is 9.13. The summed E-state index contributed by atoms with van der Waals surface area (Å²) in [5.41, 5.74) is 0.238. The first kappa shape index (κ1) is 12.3. The van der Waals surface area contributed by atoms with Gasteiger partial charge in [-0.2, -0.15) is 0 Å². The quantitative estimate of drug-likeness (QED) is 0.672. The van der Waals surface area contributed by atoms with Gasteiger partial charge in [-0.3, -0.25) is 10.1 Å². The van der Waals surface area contributed by atoms with Crippen molar-refractivity contribution in [1.29, 1.82) is 0 Å². The first-order valence-electron chi connectivity index (χ1n) is 6.56. The fraction of sp³-hybridized carbons (Fsp3) is 0.538. The number of nitro benzene ring substituents is 1. The van der Waals surface area contributed by atoms with E-state index in [0.717, 1.165) is 38.5 Å². The van der Waals surface area contributed by atoms with Crippen LogP contribution in [0.1, 0.15) is 12.8 Å². The second kappa shape index (κ2) is 4.77. The molecule has 1 unspecified atom stereocenters. The van der Waals surface area contributed by atoms with Gasteiger partial charge in [-0.1, -0.05) is 0 Å². The lowest BCUT2D eigenvalue weighted by molar-refractivity contribution is -0.384. The Kier molecular flexibility index (Phi) is 3.10. The Bertz CT molecular complexity index is 501. The Hall–Kier alpha value is -1.69. The number of halogens is 1. The SMILES string of the molecule is O=[N+]([O-])c1ccc(F)cc1NC1CN2CCC1CC2. The molecule has 0 saturated carbocycles. The number of rotatable bonds is 3. The van der Waals surface area contributed by atoms with E-state index in [2.05, 4.69) is 10.2 Å². The van der Waals surface area contributed by atoms with Gasteiger partial charge in [0.15, 0.2) is 0 Å². The van der Waals surface area contributed by atoms with Gasteiger partial charge in [0, 0.05) is 24.7 Å². The van der Waals surface area contributed by atoms with Crippen LogP contribution in [0.3, 0.4) is 0 Å². The Balaban J connectivity index is 1.83. The zero-order valence-corrected chi connectivity index (χ0v) is 10.5. The van der Waals surface area contributed by atoms with Gasteiger partial charge in [-0.05, 0) is 37.9 Å². The molecule has 1 aromatic rings. The van der Waals surface area contributed by atoms with E-state index in [4.69, 9.17) is 0 Å². The van der Waals surface area contributed by atoms with Gasteiger partial charge < -0.3 is 10.2 Å². The zero-order chi connectivity index (χ0) is 13.4. The van der Waals surface area contributed by atoms with Gasteiger partial charge in [0.1, 0.15) is 11.5 Å². The maximum atomic E-state index is 13.3. The van der Waals surface area contributed by atoms with Crippen molar-refractivity contribution in [2.45, 2.75) is 18.9 Å².